The number of fused-ring (bicyclic) bond motifs is 1. The zero-order valence-corrected chi connectivity index (χ0v) is 13.0. The van der Waals surface area contributed by atoms with Gasteiger partial charge in [-0.25, -0.2) is 0 Å². The van der Waals surface area contributed by atoms with Gasteiger partial charge < -0.3 is 10.6 Å². The Morgan fingerprint density at radius 2 is 2.05 bits per heavy atom. The van der Waals surface area contributed by atoms with Crippen LogP contribution < -0.4 is 10.6 Å². The lowest BCUT2D eigenvalue weighted by Gasteiger charge is -2.24. The summed E-state index contributed by atoms with van der Waals surface area (Å²) in [4.78, 5) is 25.1. The normalized spacial score (nSPS) is 22.3. The summed E-state index contributed by atoms with van der Waals surface area (Å²) >= 11 is 1.53. The Morgan fingerprint density at radius 1 is 1.29 bits per heavy atom. The van der Waals surface area contributed by atoms with E-state index in [1.165, 1.54) is 31.0 Å². The topological polar surface area (TPSA) is 58.2 Å². The van der Waals surface area contributed by atoms with Gasteiger partial charge >= 0.3 is 0 Å². The molecule has 0 saturated heterocycles. The molecule has 1 unspecified atom stereocenters. The SMILES string of the molecule is CC1Sc2ccc(C(=O)NC3CCCCC3)cc2NC1=O. The van der Waals surface area contributed by atoms with E-state index in [1.807, 2.05) is 19.1 Å². The molecule has 0 spiro atoms. The molecule has 0 bridgehead atoms. The van der Waals surface area contributed by atoms with Crippen LogP contribution in [0.4, 0.5) is 5.69 Å². The van der Waals surface area contributed by atoms with Crippen molar-refractivity contribution >= 4 is 29.3 Å². The molecule has 21 heavy (non-hydrogen) atoms. The van der Waals surface area contributed by atoms with Crippen molar-refractivity contribution in [3.8, 4) is 0 Å². The van der Waals surface area contributed by atoms with Gasteiger partial charge in [-0.3, -0.25) is 9.59 Å². The van der Waals surface area contributed by atoms with Crippen molar-refractivity contribution in [2.45, 2.75) is 55.2 Å². The molecule has 112 valence electrons. The van der Waals surface area contributed by atoms with E-state index in [1.54, 1.807) is 6.07 Å². The molecule has 1 atom stereocenters. The Kier molecular flexibility index (Phi) is 4.19. The average molecular weight is 304 g/mol. The number of thioether (sulfide) groups is 1. The van der Waals surface area contributed by atoms with Crippen LogP contribution in [-0.4, -0.2) is 23.1 Å². The highest BCUT2D eigenvalue weighted by molar-refractivity contribution is 8.00. The molecule has 1 aliphatic carbocycles. The van der Waals surface area contributed by atoms with E-state index >= 15 is 0 Å². The summed E-state index contributed by atoms with van der Waals surface area (Å²) in [5.74, 6) is -0.0418. The minimum absolute atomic E-state index is 0.00246. The molecule has 0 radical (unpaired) electrons. The first-order valence-corrected chi connectivity index (χ1v) is 8.44. The van der Waals surface area contributed by atoms with E-state index < -0.39 is 0 Å². The van der Waals surface area contributed by atoms with Crippen LogP contribution in [0.25, 0.3) is 0 Å². The van der Waals surface area contributed by atoms with Gasteiger partial charge in [0.25, 0.3) is 5.91 Å². The van der Waals surface area contributed by atoms with Crippen LogP contribution in [0, 0.1) is 0 Å². The van der Waals surface area contributed by atoms with Crippen molar-refractivity contribution < 1.29 is 9.59 Å². The van der Waals surface area contributed by atoms with Gasteiger partial charge in [0.05, 0.1) is 10.9 Å². The first-order chi connectivity index (χ1) is 10.1. The molecule has 2 N–H and O–H groups in total. The van der Waals surface area contributed by atoms with Crippen LogP contribution in [0.1, 0.15) is 49.4 Å². The predicted molar refractivity (Wildman–Crippen MR) is 84.7 cm³/mol. The maximum atomic E-state index is 12.3. The van der Waals surface area contributed by atoms with Crippen molar-refractivity contribution in [1.82, 2.24) is 5.32 Å². The summed E-state index contributed by atoms with van der Waals surface area (Å²) in [5, 5.41) is 5.89. The lowest BCUT2D eigenvalue weighted by molar-refractivity contribution is -0.115. The van der Waals surface area contributed by atoms with Crippen LogP contribution in [0.2, 0.25) is 0 Å². The van der Waals surface area contributed by atoms with E-state index in [-0.39, 0.29) is 17.1 Å². The lowest BCUT2D eigenvalue weighted by atomic mass is 9.95. The van der Waals surface area contributed by atoms with Crippen LogP contribution in [-0.2, 0) is 4.79 Å². The minimum Gasteiger partial charge on any atom is -0.349 e. The van der Waals surface area contributed by atoms with Crippen LogP contribution in [0.3, 0.4) is 0 Å². The third-order valence-electron chi connectivity index (χ3n) is 4.11. The van der Waals surface area contributed by atoms with Crippen molar-refractivity contribution in [1.29, 1.82) is 0 Å². The van der Waals surface area contributed by atoms with Crippen LogP contribution in [0.15, 0.2) is 23.1 Å². The number of rotatable bonds is 2. The number of carbonyl (C=O) groups excluding carboxylic acids is 2. The molecule has 1 aromatic rings. The number of amides is 2. The second kappa shape index (κ2) is 6.10. The minimum atomic E-state index is -0.0839. The summed E-state index contributed by atoms with van der Waals surface area (Å²) in [6, 6.07) is 5.84. The molecule has 3 rings (SSSR count). The summed E-state index contributed by atoms with van der Waals surface area (Å²) in [6.07, 6.45) is 5.80. The van der Waals surface area contributed by atoms with E-state index in [0.29, 0.717) is 11.6 Å². The highest BCUT2D eigenvalue weighted by Gasteiger charge is 2.24. The third-order valence-corrected chi connectivity index (χ3v) is 5.29. The number of benzene rings is 1. The standard InChI is InChI=1S/C16H20N2O2S/c1-10-15(19)18-13-9-11(7-8-14(13)21-10)16(20)17-12-5-3-2-4-6-12/h7-10,12H,2-6H2,1H3,(H,17,20)(H,18,19). The van der Waals surface area contributed by atoms with Crippen molar-refractivity contribution in [2.24, 2.45) is 0 Å². The monoisotopic (exact) mass is 304 g/mol. The fourth-order valence-electron chi connectivity index (χ4n) is 2.87. The highest BCUT2D eigenvalue weighted by atomic mass is 32.2. The Balaban J connectivity index is 1.72. The quantitative estimate of drug-likeness (QED) is 0.882. The highest BCUT2D eigenvalue weighted by Crippen LogP contribution is 2.35. The molecule has 1 heterocycles. The Hall–Kier alpha value is -1.49. The summed E-state index contributed by atoms with van der Waals surface area (Å²) in [6.45, 7) is 1.88. The van der Waals surface area contributed by atoms with E-state index in [2.05, 4.69) is 10.6 Å². The van der Waals surface area contributed by atoms with E-state index in [4.69, 9.17) is 0 Å². The fourth-order valence-corrected chi connectivity index (χ4v) is 3.80. The first-order valence-electron chi connectivity index (χ1n) is 7.56. The maximum Gasteiger partial charge on any atom is 0.251 e. The van der Waals surface area contributed by atoms with Crippen LogP contribution >= 0.6 is 11.8 Å². The molecular formula is C16H20N2O2S. The van der Waals surface area contributed by atoms with Gasteiger partial charge in [0, 0.05) is 16.5 Å². The molecule has 1 aliphatic heterocycles. The largest absolute Gasteiger partial charge is 0.349 e. The van der Waals surface area contributed by atoms with Gasteiger partial charge in [0.1, 0.15) is 0 Å². The van der Waals surface area contributed by atoms with Crippen molar-refractivity contribution in [3.63, 3.8) is 0 Å². The van der Waals surface area contributed by atoms with Crippen molar-refractivity contribution in [3.05, 3.63) is 23.8 Å². The molecular weight excluding hydrogens is 284 g/mol. The number of hydrogen-bond donors (Lipinski definition) is 2. The lowest BCUT2D eigenvalue weighted by Crippen LogP contribution is -2.36. The molecule has 2 amide bonds. The van der Waals surface area contributed by atoms with Crippen molar-refractivity contribution in [2.75, 3.05) is 5.32 Å². The molecule has 4 nitrogen and oxygen atoms in total. The Labute approximate surface area is 129 Å². The third kappa shape index (κ3) is 3.23. The van der Waals surface area contributed by atoms with Gasteiger partial charge in [-0.15, -0.1) is 11.8 Å². The van der Waals surface area contributed by atoms with Gasteiger partial charge in [-0.2, -0.15) is 0 Å². The van der Waals surface area contributed by atoms with Gasteiger partial charge in [0.2, 0.25) is 5.91 Å². The predicted octanol–water partition coefficient (Wildman–Crippen LogP) is 3.18. The van der Waals surface area contributed by atoms with Gasteiger partial charge in [-0.05, 0) is 38.0 Å². The maximum absolute atomic E-state index is 12.3. The fraction of sp³-hybridized carbons (Fsp3) is 0.500. The van der Waals surface area contributed by atoms with Gasteiger partial charge in [-0.1, -0.05) is 19.3 Å². The molecule has 0 aromatic heterocycles. The molecule has 1 saturated carbocycles. The second-order valence-electron chi connectivity index (χ2n) is 5.77. The number of nitrogens with one attached hydrogen (secondary N) is 2. The van der Waals surface area contributed by atoms with Gasteiger partial charge in [0.15, 0.2) is 0 Å². The Morgan fingerprint density at radius 3 is 2.81 bits per heavy atom. The Bertz CT molecular complexity index is 567. The molecule has 1 aromatic carbocycles. The van der Waals surface area contributed by atoms with E-state index in [0.717, 1.165) is 23.4 Å². The second-order valence-corrected chi connectivity index (χ2v) is 7.15. The molecule has 1 fully saturated rings. The average Bonchev–Trinajstić information content (AvgIpc) is 2.49. The molecule has 5 heteroatoms. The summed E-state index contributed by atoms with van der Waals surface area (Å²) < 4.78 is 0. The molecule has 2 aliphatic rings. The summed E-state index contributed by atoms with van der Waals surface area (Å²) in [5.41, 5.74) is 1.37. The smallest absolute Gasteiger partial charge is 0.251 e. The zero-order valence-electron chi connectivity index (χ0n) is 12.1. The zero-order chi connectivity index (χ0) is 14.8. The van der Waals surface area contributed by atoms with E-state index in [9.17, 15) is 9.59 Å². The number of carbonyl (C=O) groups is 2. The summed E-state index contributed by atoms with van der Waals surface area (Å²) in [7, 11) is 0. The van der Waals surface area contributed by atoms with Crippen LogP contribution in [0.5, 0.6) is 0 Å². The first kappa shape index (κ1) is 14.4. The number of anilines is 1. The number of hydrogen-bond acceptors (Lipinski definition) is 3.